The Morgan fingerprint density at radius 1 is 0.950 bits per heavy atom. The number of benzene rings is 1. The standard InChI is InChI=1S/C15H22O4Si/c1-17-12-9-13(18-2)15(14(10-12)19-3)20(4)7-5-11(16)6-8-20/h9-10H,5-8H2,1-4H3. The second-order valence-corrected chi connectivity index (χ2v) is 10.1. The fourth-order valence-electron chi connectivity index (χ4n) is 2.93. The Bertz CT molecular complexity index is 478. The highest BCUT2D eigenvalue weighted by Crippen LogP contribution is 2.35. The zero-order valence-corrected chi connectivity index (χ0v) is 13.6. The fraction of sp³-hybridized carbons (Fsp3) is 0.533. The molecule has 0 N–H and O–H groups in total. The van der Waals surface area contributed by atoms with Crippen molar-refractivity contribution in [3.05, 3.63) is 12.1 Å². The van der Waals surface area contributed by atoms with Crippen LogP contribution in [0.3, 0.4) is 0 Å². The van der Waals surface area contributed by atoms with E-state index < -0.39 is 8.07 Å². The molecule has 0 unspecified atom stereocenters. The molecule has 0 amide bonds. The van der Waals surface area contributed by atoms with Crippen LogP contribution < -0.4 is 19.4 Å². The van der Waals surface area contributed by atoms with E-state index in [1.807, 2.05) is 12.1 Å². The third-order valence-electron chi connectivity index (χ3n) is 4.23. The van der Waals surface area contributed by atoms with E-state index in [1.165, 1.54) is 5.19 Å². The number of carbonyl (C=O) groups is 1. The smallest absolute Gasteiger partial charge is 0.132 e. The lowest BCUT2D eigenvalue weighted by atomic mass is 10.2. The summed E-state index contributed by atoms with van der Waals surface area (Å²) in [6, 6.07) is 5.74. The molecule has 0 aromatic heterocycles. The summed E-state index contributed by atoms with van der Waals surface area (Å²) < 4.78 is 16.4. The molecule has 110 valence electrons. The first-order valence-electron chi connectivity index (χ1n) is 6.86. The Morgan fingerprint density at radius 3 is 1.85 bits per heavy atom. The van der Waals surface area contributed by atoms with Gasteiger partial charge in [-0.25, -0.2) is 0 Å². The largest absolute Gasteiger partial charge is 0.497 e. The number of hydrogen-bond acceptors (Lipinski definition) is 4. The van der Waals surface area contributed by atoms with Gasteiger partial charge in [0.25, 0.3) is 0 Å². The zero-order valence-electron chi connectivity index (χ0n) is 12.6. The Labute approximate surface area is 121 Å². The second kappa shape index (κ2) is 5.87. The van der Waals surface area contributed by atoms with Gasteiger partial charge in [0, 0.05) is 30.2 Å². The molecule has 0 spiro atoms. The third kappa shape index (κ3) is 2.68. The normalized spacial score (nSPS) is 17.7. The molecule has 1 aromatic carbocycles. The van der Waals surface area contributed by atoms with Crippen molar-refractivity contribution in [2.75, 3.05) is 21.3 Å². The van der Waals surface area contributed by atoms with Crippen LogP contribution in [0.4, 0.5) is 0 Å². The maximum atomic E-state index is 11.5. The minimum Gasteiger partial charge on any atom is -0.497 e. The van der Waals surface area contributed by atoms with Crippen LogP contribution >= 0.6 is 0 Å². The number of ether oxygens (including phenoxy) is 3. The van der Waals surface area contributed by atoms with Gasteiger partial charge in [-0.15, -0.1) is 0 Å². The summed E-state index contributed by atoms with van der Waals surface area (Å²) in [5, 5.41) is 1.18. The van der Waals surface area contributed by atoms with E-state index >= 15 is 0 Å². The summed E-state index contributed by atoms with van der Waals surface area (Å²) in [4.78, 5) is 11.5. The van der Waals surface area contributed by atoms with Crippen molar-refractivity contribution in [2.45, 2.75) is 31.5 Å². The minimum absolute atomic E-state index is 0.376. The van der Waals surface area contributed by atoms with E-state index in [0.717, 1.165) is 29.3 Å². The van der Waals surface area contributed by atoms with Crippen LogP contribution in [0.2, 0.25) is 18.6 Å². The first-order valence-corrected chi connectivity index (χ1v) is 9.77. The van der Waals surface area contributed by atoms with E-state index in [9.17, 15) is 4.79 Å². The van der Waals surface area contributed by atoms with Gasteiger partial charge in [-0.3, -0.25) is 4.79 Å². The van der Waals surface area contributed by atoms with Crippen LogP contribution in [0.1, 0.15) is 12.8 Å². The molecule has 2 rings (SSSR count). The van der Waals surface area contributed by atoms with Crippen LogP contribution in [0.5, 0.6) is 17.2 Å². The number of methoxy groups -OCH3 is 3. The molecule has 1 aromatic rings. The van der Waals surface area contributed by atoms with E-state index in [4.69, 9.17) is 14.2 Å². The van der Waals surface area contributed by atoms with Crippen LogP contribution in [0.15, 0.2) is 12.1 Å². The lowest BCUT2D eigenvalue weighted by Gasteiger charge is -2.33. The summed E-state index contributed by atoms with van der Waals surface area (Å²) in [7, 11) is 3.22. The zero-order chi connectivity index (χ0) is 14.8. The van der Waals surface area contributed by atoms with Crippen molar-refractivity contribution in [1.29, 1.82) is 0 Å². The lowest BCUT2D eigenvalue weighted by molar-refractivity contribution is -0.118. The molecular formula is C15H22O4Si. The average molecular weight is 294 g/mol. The predicted molar refractivity (Wildman–Crippen MR) is 81.2 cm³/mol. The molecule has 20 heavy (non-hydrogen) atoms. The number of carbonyl (C=O) groups excluding carboxylic acids is 1. The van der Waals surface area contributed by atoms with E-state index in [1.54, 1.807) is 21.3 Å². The molecule has 1 aliphatic heterocycles. The van der Waals surface area contributed by atoms with Gasteiger partial charge in [-0.1, -0.05) is 6.55 Å². The van der Waals surface area contributed by atoms with Gasteiger partial charge in [0.05, 0.1) is 29.4 Å². The Morgan fingerprint density at radius 2 is 1.45 bits per heavy atom. The van der Waals surface area contributed by atoms with Gasteiger partial charge in [-0.05, 0) is 12.1 Å². The first-order chi connectivity index (χ1) is 9.54. The van der Waals surface area contributed by atoms with E-state index in [-0.39, 0.29) is 0 Å². The molecular weight excluding hydrogens is 272 g/mol. The van der Waals surface area contributed by atoms with Crippen molar-refractivity contribution in [1.82, 2.24) is 0 Å². The van der Waals surface area contributed by atoms with Gasteiger partial charge >= 0.3 is 0 Å². The van der Waals surface area contributed by atoms with Crippen molar-refractivity contribution in [3.63, 3.8) is 0 Å². The van der Waals surface area contributed by atoms with Crippen molar-refractivity contribution >= 4 is 19.0 Å². The summed E-state index contributed by atoms with van der Waals surface area (Å²) in [6.07, 6.45) is 1.36. The Balaban J connectivity index is 2.51. The van der Waals surface area contributed by atoms with Crippen molar-refractivity contribution in [3.8, 4) is 17.2 Å². The highest BCUT2D eigenvalue weighted by atomic mass is 28.3. The molecule has 0 saturated carbocycles. The molecule has 1 heterocycles. The molecule has 0 atom stereocenters. The molecule has 0 aliphatic carbocycles. The van der Waals surface area contributed by atoms with Gasteiger partial charge in [0.1, 0.15) is 23.0 Å². The summed E-state index contributed by atoms with van der Waals surface area (Å²) in [5.41, 5.74) is 0. The molecule has 1 fully saturated rings. The highest BCUT2D eigenvalue weighted by Gasteiger charge is 2.39. The maximum absolute atomic E-state index is 11.5. The molecule has 4 nitrogen and oxygen atoms in total. The van der Waals surface area contributed by atoms with Crippen LogP contribution in [-0.2, 0) is 4.79 Å². The van der Waals surface area contributed by atoms with Crippen molar-refractivity contribution in [2.24, 2.45) is 0 Å². The predicted octanol–water partition coefficient (Wildman–Crippen LogP) is 2.36. The van der Waals surface area contributed by atoms with Crippen molar-refractivity contribution < 1.29 is 19.0 Å². The fourth-order valence-corrected chi connectivity index (χ4v) is 6.88. The van der Waals surface area contributed by atoms with Gasteiger partial charge in [-0.2, -0.15) is 0 Å². The summed E-state index contributed by atoms with van der Waals surface area (Å²) in [6.45, 7) is 2.31. The molecule has 0 bridgehead atoms. The van der Waals surface area contributed by atoms with Gasteiger partial charge < -0.3 is 14.2 Å². The average Bonchev–Trinajstić information content (AvgIpc) is 2.48. The van der Waals surface area contributed by atoms with Gasteiger partial charge in [0.2, 0.25) is 0 Å². The Hall–Kier alpha value is -1.49. The molecule has 5 heteroatoms. The third-order valence-corrected chi connectivity index (χ3v) is 8.64. The minimum atomic E-state index is -1.75. The topological polar surface area (TPSA) is 44.8 Å². The monoisotopic (exact) mass is 294 g/mol. The van der Waals surface area contributed by atoms with Crippen LogP contribution in [-0.4, -0.2) is 35.2 Å². The Kier molecular flexibility index (Phi) is 4.38. The van der Waals surface area contributed by atoms with Crippen LogP contribution in [0.25, 0.3) is 0 Å². The summed E-state index contributed by atoms with van der Waals surface area (Å²) in [5.74, 6) is 2.75. The maximum Gasteiger partial charge on any atom is 0.132 e. The van der Waals surface area contributed by atoms with Crippen LogP contribution in [0, 0.1) is 0 Å². The van der Waals surface area contributed by atoms with E-state index in [2.05, 4.69) is 6.55 Å². The quantitative estimate of drug-likeness (QED) is 0.800. The molecule has 0 radical (unpaired) electrons. The first kappa shape index (κ1) is 14.9. The second-order valence-electron chi connectivity index (χ2n) is 5.51. The summed E-state index contributed by atoms with van der Waals surface area (Å²) >= 11 is 0. The molecule has 1 saturated heterocycles. The number of Topliss-reactive ketones (excluding diaryl/α,β-unsaturated/α-hetero) is 1. The van der Waals surface area contributed by atoms with Gasteiger partial charge in [0.15, 0.2) is 0 Å². The number of ketones is 1. The molecule has 1 aliphatic rings. The number of hydrogen-bond donors (Lipinski definition) is 0. The van der Waals surface area contributed by atoms with E-state index in [0.29, 0.717) is 18.6 Å². The number of rotatable bonds is 4. The SMILES string of the molecule is COc1cc(OC)c([Si]2(C)CCC(=O)CC2)c(OC)c1. The lowest BCUT2D eigenvalue weighted by Crippen LogP contribution is -2.48. The highest BCUT2D eigenvalue weighted by molar-refractivity contribution is 6.92.